The number of morpholine rings is 1. The minimum absolute atomic E-state index is 0.522. The van der Waals surface area contributed by atoms with Crippen LogP contribution in [0.15, 0.2) is 29.3 Å². The molecule has 0 atom stereocenters. The van der Waals surface area contributed by atoms with Crippen LogP contribution in [-0.2, 0) is 17.8 Å². The molecule has 2 heterocycles. The Hall–Kier alpha value is -1.63. The molecule has 0 saturated carbocycles. The molecule has 0 unspecified atom stereocenters. The van der Waals surface area contributed by atoms with Gasteiger partial charge < -0.3 is 20.3 Å². The van der Waals surface area contributed by atoms with Crippen molar-refractivity contribution in [3.63, 3.8) is 0 Å². The summed E-state index contributed by atoms with van der Waals surface area (Å²) < 4.78 is 5.45. The summed E-state index contributed by atoms with van der Waals surface area (Å²) in [5.74, 6) is 0.944. The number of nitrogens with zero attached hydrogens (tertiary/aromatic N) is 3. The maximum atomic E-state index is 5.45. The van der Waals surface area contributed by atoms with Crippen molar-refractivity contribution in [2.75, 3.05) is 52.5 Å². The molecule has 3 rings (SSSR count). The average molecular weight is 402 g/mol. The first-order valence-electron chi connectivity index (χ1n) is 11.4. The van der Waals surface area contributed by atoms with Crippen molar-refractivity contribution in [2.24, 2.45) is 4.99 Å². The number of ether oxygens (including phenoxy) is 1. The zero-order chi connectivity index (χ0) is 20.3. The van der Waals surface area contributed by atoms with Crippen molar-refractivity contribution < 1.29 is 4.74 Å². The van der Waals surface area contributed by atoms with Crippen LogP contribution < -0.4 is 10.6 Å². The van der Waals surface area contributed by atoms with Crippen LogP contribution in [0.25, 0.3) is 0 Å². The Kier molecular flexibility index (Phi) is 9.25. The molecule has 2 N–H and O–H groups in total. The molecular formula is C23H39N5O. The first kappa shape index (κ1) is 22.1. The van der Waals surface area contributed by atoms with E-state index in [-0.39, 0.29) is 0 Å². The van der Waals surface area contributed by atoms with Crippen LogP contribution >= 0.6 is 0 Å². The molecule has 0 spiro atoms. The van der Waals surface area contributed by atoms with Gasteiger partial charge in [0, 0.05) is 45.3 Å². The van der Waals surface area contributed by atoms with Gasteiger partial charge >= 0.3 is 0 Å². The Bertz CT molecular complexity index is 621. The summed E-state index contributed by atoms with van der Waals surface area (Å²) in [6.07, 6.45) is 3.63. The lowest BCUT2D eigenvalue weighted by Gasteiger charge is -2.32. The van der Waals surface area contributed by atoms with Crippen molar-refractivity contribution in [1.29, 1.82) is 0 Å². The second-order valence-corrected chi connectivity index (χ2v) is 8.16. The normalized spacial score (nSPS) is 20.0. The fourth-order valence-corrected chi connectivity index (χ4v) is 4.14. The fourth-order valence-electron chi connectivity index (χ4n) is 4.14. The third-order valence-electron chi connectivity index (χ3n) is 5.73. The monoisotopic (exact) mass is 401 g/mol. The SMILES string of the molecule is CCCN1CCC(NC(=NCc2cccc(CN3CCOCC3)c2)NCC)CC1. The van der Waals surface area contributed by atoms with Gasteiger partial charge in [-0.2, -0.15) is 0 Å². The van der Waals surface area contributed by atoms with Crippen LogP contribution in [0.2, 0.25) is 0 Å². The largest absolute Gasteiger partial charge is 0.379 e. The van der Waals surface area contributed by atoms with Gasteiger partial charge in [-0.15, -0.1) is 0 Å². The Morgan fingerprint density at radius 2 is 1.83 bits per heavy atom. The molecule has 1 aromatic rings. The molecule has 29 heavy (non-hydrogen) atoms. The van der Waals surface area contributed by atoms with E-state index in [1.54, 1.807) is 0 Å². The molecule has 6 heteroatoms. The van der Waals surface area contributed by atoms with E-state index in [9.17, 15) is 0 Å². The quantitative estimate of drug-likeness (QED) is 0.518. The minimum atomic E-state index is 0.522. The van der Waals surface area contributed by atoms with E-state index in [2.05, 4.69) is 58.5 Å². The van der Waals surface area contributed by atoms with Crippen LogP contribution in [0.4, 0.5) is 0 Å². The maximum absolute atomic E-state index is 5.45. The zero-order valence-corrected chi connectivity index (χ0v) is 18.3. The van der Waals surface area contributed by atoms with E-state index in [1.807, 2.05) is 0 Å². The predicted molar refractivity (Wildman–Crippen MR) is 120 cm³/mol. The summed E-state index contributed by atoms with van der Waals surface area (Å²) >= 11 is 0. The second-order valence-electron chi connectivity index (χ2n) is 8.16. The van der Waals surface area contributed by atoms with E-state index < -0.39 is 0 Å². The number of piperidine rings is 1. The highest BCUT2D eigenvalue weighted by Gasteiger charge is 2.19. The molecule has 2 fully saturated rings. The number of aliphatic imine (C=N–C) groups is 1. The molecular weight excluding hydrogens is 362 g/mol. The second kappa shape index (κ2) is 12.2. The Morgan fingerprint density at radius 1 is 1.07 bits per heavy atom. The summed E-state index contributed by atoms with van der Waals surface area (Å²) in [6, 6.07) is 9.37. The molecule has 162 valence electrons. The van der Waals surface area contributed by atoms with Gasteiger partial charge in [-0.3, -0.25) is 4.90 Å². The number of benzene rings is 1. The van der Waals surface area contributed by atoms with Crippen molar-refractivity contribution in [1.82, 2.24) is 20.4 Å². The van der Waals surface area contributed by atoms with E-state index in [0.717, 1.165) is 45.4 Å². The van der Waals surface area contributed by atoms with Gasteiger partial charge in [-0.05, 0) is 43.9 Å². The van der Waals surface area contributed by atoms with Gasteiger partial charge in [-0.25, -0.2) is 4.99 Å². The number of guanidine groups is 1. The van der Waals surface area contributed by atoms with Crippen molar-refractivity contribution in [3.8, 4) is 0 Å². The molecule has 0 aliphatic carbocycles. The maximum Gasteiger partial charge on any atom is 0.191 e. The average Bonchev–Trinajstić information content (AvgIpc) is 2.75. The minimum Gasteiger partial charge on any atom is -0.379 e. The molecule has 0 radical (unpaired) electrons. The van der Waals surface area contributed by atoms with E-state index in [0.29, 0.717) is 12.6 Å². The standard InChI is InChI=1S/C23H39N5O/c1-3-10-27-11-8-22(9-12-27)26-23(24-4-2)25-18-20-6-5-7-21(17-20)19-28-13-15-29-16-14-28/h5-7,17,22H,3-4,8-16,18-19H2,1-2H3,(H2,24,25,26). The molecule has 0 bridgehead atoms. The third-order valence-corrected chi connectivity index (χ3v) is 5.73. The van der Waals surface area contributed by atoms with Crippen LogP contribution in [0.3, 0.4) is 0 Å². The molecule has 6 nitrogen and oxygen atoms in total. The van der Waals surface area contributed by atoms with Gasteiger partial charge in [0.25, 0.3) is 0 Å². The number of likely N-dealkylation sites (tertiary alicyclic amines) is 1. The number of nitrogens with one attached hydrogen (secondary N) is 2. The number of rotatable bonds is 8. The smallest absolute Gasteiger partial charge is 0.191 e. The van der Waals surface area contributed by atoms with Crippen molar-refractivity contribution >= 4 is 5.96 Å². The lowest BCUT2D eigenvalue weighted by molar-refractivity contribution is 0.0342. The topological polar surface area (TPSA) is 52.1 Å². The molecule has 2 saturated heterocycles. The van der Waals surface area contributed by atoms with Crippen LogP contribution in [0.1, 0.15) is 44.2 Å². The summed E-state index contributed by atoms with van der Waals surface area (Å²) in [5, 5.41) is 7.08. The van der Waals surface area contributed by atoms with E-state index >= 15 is 0 Å². The van der Waals surface area contributed by atoms with Crippen LogP contribution in [0.5, 0.6) is 0 Å². The lowest BCUT2D eigenvalue weighted by Crippen LogP contribution is -2.48. The van der Waals surface area contributed by atoms with Gasteiger partial charge in [0.05, 0.1) is 19.8 Å². The highest BCUT2D eigenvalue weighted by Crippen LogP contribution is 2.12. The van der Waals surface area contributed by atoms with Gasteiger partial charge in [-0.1, -0.05) is 31.2 Å². The molecule has 0 aromatic heterocycles. The molecule has 2 aliphatic heterocycles. The van der Waals surface area contributed by atoms with Gasteiger partial charge in [0.2, 0.25) is 0 Å². The third kappa shape index (κ3) is 7.61. The number of hydrogen-bond donors (Lipinski definition) is 2. The zero-order valence-electron chi connectivity index (χ0n) is 18.3. The predicted octanol–water partition coefficient (Wildman–Crippen LogP) is 2.45. The Balaban J connectivity index is 1.52. The first-order chi connectivity index (χ1) is 14.3. The van der Waals surface area contributed by atoms with Crippen LogP contribution in [-0.4, -0.2) is 74.3 Å². The van der Waals surface area contributed by atoms with Gasteiger partial charge in [0.1, 0.15) is 0 Å². The van der Waals surface area contributed by atoms with Crippen LogP contribution in [0, 0.1) is 0 Å². The summed E-state index contributed by atoms with van der Waals surface area (Å²) in [5.41, 5.74) is 2.63. The molecule has 1 aromatic carbocycles. The number of hydrogen-bond acceptors (Lipinski definition) is 4. The van der Waals surface area contributed by atoms with Crippen molar-refractivity contribution in [3.05, 3.63) is 35.4 Å². The molecule has 2 aliphatic rings. The lowest BCUT2D eigenvalue weighted by atomic mass is 10.1. The summed E-state index contributed by atoms with van der Waals surface area (Å²) in [6.45, 7) is 14.3. The Labute approximate surface area is 176 Å². The van der Waals surface area contributed by atoms with Crippen molar-refractivity contribution in [2.45, 2.75) is 52.2 Å². The highest BCUT2D eigenvalue weighted by molar-refractivity contribution is 5.80. The first-order valence-corrected chi connectivity index (χ1v) is 11.4. The molecule has 0 amide bonds. The summed E-state index contributed by atoms with van der Waals surface area (Å²) in [4.78, 5) is 9.90. The highest BCUT2D eigenvalue weighted by atomic mass is 16.5. The van der Waals surface area contributed by atoms with E-state index in [1.165, 1.54) is 50.0 Å². The van der Waals surface area contributed by atoms with Gasteiger partial charge in [0.15, 0.2) is 5.96 Å². The Morgan fingerprint density at radius 3 is 2.55 bits per heavy atom. The van der Waals surface area contributed by atoms with E-state index in [4.69, 9.17) is 9.73 Å². The fraction of sp³-hybridized carbons (Fsp3) is 0.696. The summed E-state index contributed by atoms with van der Waals surface area (Å²) in [7, 11) is 0.